The molecule has 0 aromatic carbocycles. The van der Waals surface area contributed by atoms with Crippen molar-refractivity contribution in [3.8, 4) is 6.07 Å². The maximum absolute atomic E-state index is 9.39. The highest BCUT2D eigenvalue weighted by Gasteiger charge is 2.38. The third kappa shape index (κ3) is 3.75. The fraction of sp³-hybridized carbons (Fsp3) is 0.667. The maximum Gasteiger partial charge on any atom is 0.144 e. The van der Waals surface area contributed by atoms with Gasteiger partial charge in [-0.25, -0.2) is 4.98 Å². The SMILES string of the molecule is Cc1cc(C)c(C#N)c(NC2CC(C)(C)CC(C)(C)C2)n1. The predicted molar refractivity (Wildman–Crippen MR) is 87.2 cm³/mol. The molecule has 1 aliphatic carbocycles. The lowest BCUT2D eigenvalue weighted by Gasteiger charge is -2.45. The number of aromatic nitrogens is 1. The van der Waals surface area contributed by atoms with Gasteiger partial charge in [0, 0.05) is 11.7 Å². The molecule has 1 N–H and O–H groups in total. The number of rotatable bonds is 2. The Morgan fingerprint density at radius 3 is 2.29 bits per heavy atom. The van der Waals surface area contributed by atoms with Crippen LogP contribution in [0.25, 0.3) is 0 Å². The van der Waals surface area contributed by atoms with E-state index in [4.69, 9.17) is 0 Å². The summed E-state index contributed by atoms with van der Waals surface area (Å²) >= 11 is 0. The first-order valence-electron chi connectivity index (χ1n) is 7.77. The van der Waals surface area contributed by atoms with Gasteiger partial charge in [0.15, 0.2) is 0 Å². The molecule has 1 heterocycles. The molecule has 1 fully saturated rings. The number of hydrogen-bond donors (Lipinski definition) is 1. The van der Waals surface area contributed by atoms with Crippen molar-refractivity contribution < 1.29 is 0 Å². The average molecular weight is 285 g/mol. The summed E-state index contributed by atoms with van der Waals surface area (Å²) in [6, 6.07) is 4.65. The third-order valence-electron chi connectivity index (χ3n) is 4.35. The van der Waals surface area contributed by atoms with Crippen molar-refractivity contribution >= 4 is 5.82 Å². The van der Waals surface area contributed by atoms with Crippen molar-refractivity contribution in [3.63, 3.8) is 0 Å². The van der Waals surface area contributed by atoms with Crippen LogP contribution in [-0.2, 0) is 0 Å². The van der Waals surface area contributed by atoms with Gasteiger partial charge in [-0.05, 0) is 55.6 Å². The van der Waals surface area contributed by atoms with Gasteiger partial charge in [-0.1, -0.05) is 27.7 Å². The molecule has 0 radical (unpaired) electrons. The molecule has 21 heavy (non-hydrogen) atoms. The molecule has 0 atom stereocenters. The second-order valence-electron chi connectivity index (χ2n) is 8.17. The lowest BCUT2D eigenvalue weighted by atomic mass is 9.63. The van der Waals surface area contributed by atoms with Gasteiger partial charge >= 0.3 is 0 Å². The Kier molecular flexibility index (Phi) is 4.02. The highest BCUT2D eigenvalue weighted by molar-refractivity contribution is 5.56. The fourth-order valence-electron chi connectivity index (χ4n) is 4.22. The van der Waals surface area contributed by atoms with E-state index in [9.17, 15) is 5.26 Å². The van der Waals surface area contributed by atoms with Gasteiger partial charge in [-0.2, -0.15) is 5.26 Å². The average Bonchev–Trinajstić information content (AvgIpc) is 2.23. The molecule has 1 aliphatic rings. The van der Waals surface area contributed by atoms with Crippen molar-refractivity contribution in [1.29, 1.82) is 5.26 Å². The summed E-state index contributed by atoms with van der Waals surface area (Å²) in [5, 5.41) is 13.0. The maximum atomic E-state index is 9.39. The van der Waals surface area contributed by atoms with Gasteiger partial charge in [0.05, 0.1) is 5.56 Å². The van der Waals surface area contributed by atoms with Crippen LogP contribution in [0.15, 0.2) is 6.07 Å². The molecule has 2 rings (SSSR count). The molecule has 3 nitrogen and oxygen atoms in total. The molecule has 0 aliphatic heterocycles. The Morgan fingerprint density at radius 1 is 1.19 bits per heavy atom. The number of nitriles is 1. The topological polar surface area (TPSA) is 48.7 Å². The monoisotopic (exact) mass is 285 g/mol. The summed E-state index contributed by atoms with van der Waals surface area (Å²) in [5.41, 5.74) is 3.29. The third-order valence-corrected chi connectivity index (χ3v) is 4.35. The normalized spacial score (nSPS) is 20.8. The number of pyridine rings is 1. The fourth-order valence-corrected chi connectivity index (χ4v) is 4.22. The molecule has 0 saturated heterocycles. The molecule has 1 aromatic rings. The molecule has 1 aromatic heterocycles. The second kappa shape index (κ2) is 5.33. The number of anilines is 1. The molecule has 0 spiro atoms. The van der Waals surface area contributed by atoms with E-state index in [1.54, 1.807) is 0 Å². The lowest BCUT2D eigenvalue weighted by Crippen LogP contribution is -2.40. The summed E-state index contributed by atoms with van der Waals surface area (Å²) in [7, 11) is 0. The first kappa shape index (κ1) is 15.8. The van der Waals surface area contributed by atoms with E-state index in [-0.39, 0.29) is 0 Å². The lowest BCUT2D eigenvalue weighted by molar-refractivity contribution is 0.105. The highest BCUT2D eigenvalue weighted by atomic mass is 15.0. The summed E-state index contributed by atoms with van der Waals surface area (Å²) in [4.78, 5) is 4.56. The summed E-state index contributed by atoms with van der Waals surface area (Å²) in [5.74, 6) is 0.758. The molecule has 114 valence electrons. The van der Waals surface area contributed by atoms with E-state index < -0.39 is 0 Å². The van der Waals surface area contributed by atoms with E-state index in [1.807, 2.05) is 19.9 Å². The first-order chi connectivity index (χ1) is 9.62. The standard InChI is InChI=1S/C18H27N3/c1-12-7-13(2)20-16(15(12)10-19)21-14-8-17(3,4)11-18(5,6)9-14/h7,14H,8-9,11H2,1-6H3,(H,20,21). The molecule has 0 bridgehead atoms. The van der Waals surface area contributed by atoms with Crippen LogP contribution in [0.3, 0.4) is 0 Å². The van der Waals surface area contributed by atoms with E-state index >= 15 is 0 Å². The van der Waals surface area contributed by atoms with Crippen molar-refractivity contribution in [2.24, 2.45) is 10.8 Å². The van der Waals surface area contributed by atoms with Crippen LogP contribution in [0.4, 0.5) is 5.82 Å². The zero-order chi connectivity index (χ0) is 15.8. The minimum absolute atomic E-state index is 0.324. The van der Waals surface area contributed by atoms with Crippen molar-refractivity contribution in [2.45, 2.75) is 66.8 Å². The minimum Gasteiger partial charge on any atom is -0.366 e. The Balaban J connectivity index is 2.28. The number of hydrogen-bond acceptors (Lipinski definition) is 3. The van der Waals surface area contributed by atoms with E-state index in [0.717, 1.165) is 29.9 Å². The van der Waals surface area contributed by atoms with Gasteiger partial charge in [0.2, 0.25) is 0 Å². The summed E-state index contributed by atoms with van der Waals surface area (Å²) in [6.45, 7) is 13.3. The zero-order valence-corrected chi connectivity index (χ0v) is 14.2. The van der Waals surface area contributed by atoms with Crippen LogP contribution in [0.5, 0.6) is 0 Å². The predicted octanol–water partition coefficient (Wildman–Crippen LogP) is 4.59. The van der Waals surface area contributed by atoms with Crippen molar-refractivity contribution in [1.82, 2.24) is 4.98 Å². The van der Waals surface area contributed by atoms with Crippen LogP contribution < -0.4 is 5.32 Å². The molecule has 3 heteroatoms. The summed E-state index contributed by atoms with van der Waals surface area (Å²) in [6.07, 6.45) is 3.48. The van der Waals surface area contributed by atoms with Gasteiger partial charge < -0.3 is 5.32 Å². The van der Waals surface area contributed by atoms with Crippen molar-refractivity contribution in [3.05, 3.63) is 22.9 Å². The van der Waals surface area contributed by atoms with Gasteiger partial charge in [-0.3, -0.25) is 0 Å². The number of aryl methyl sites for hydroxylation is 2. The van der Waals surface area contributed by atoms with Gasteiger partial charge in [-0.15, -0.1) is 0 Å². The Bertz CT molecular complexity index is 563. The quantitative estimate of drug-likeness (QED) is 0.864. The van der Waals surface area contributed by atoms with E-state index in [0.29, 0.717) is 22.4 Å². The minimum atomic E-state index is 0.324. The van der Waals surface area contributed by atoms with Crippen LogP contribution in [0.2, 0.25) is 0 Å². The zero-order valence-electron chi connectivity index (χ0n) is 14.2. The smallest absolute Gasteiger partial charge is 0.144 e. The summed E-state index contributed by atoms with van der Waals surface area (Å²) < 4.78 is 0. The van der Waals surface area contributed by atoms with Crippen LogP contribution in [-0.4, -0.2) is 11.0 Å². The Labute approximate surface area is 128 Å². The highest BCUT2D eigenvalue weighted by Crippen LogP contribution is 2.46. The van der Waals surface area contributed by atoms with Crippen LogP contribution in [0, 0.1) is 36.0 Å². The number of nitrogens with zero attached hydrogens (tertiary/aromatic N) is 2. The largest absolute Gasteiger partial charge is 0.366 e. The first-order valence-corrected chi connectivity index (χ1v) is 7.77. The van der Waals surface area contributed by atoms with Crippen LogP contribution in [0.1, 0.15) is 63.8 Å². The Morgan fingerprint density at radius 2 is 1.76 bits per heavy atom. The van der Waals surface area contributed by atoms with Crippen LogP contribution >= 0.6 is 0 Å². The van der Waals surface area contributed by atoms with E-state index in [1.165, 1.54) is 6.42 Å². The van der Waals surface area contributed by atoms with Gasteiger partial charge in [0.1, 0.15) is 11.9 Å². The Hall–Kier alpha value is -1.56. The molecule has 0 amide bonds. The second-order valence-corrected chi connectivity index (χ2v) is 8.17. The molecule has 0 unspecified atom stereocenters. The molecular formula is C18H27N3. The van der Waals surface area contributed by atoms with E-state index in [2.05, 4.69) is 44.1 Å². The number of nitrogens with one attached hydrogen (secondary N) is 1. The van der Waals surface area contributed by atoms with Gasteiger partial charge in [0.25, 0.3) is 0 Å². The molecular weight excluding hydrogens is 258 g/mol. The molecule has 1 saturated carbocycles. The van der Waals surface area contributed by atoms with Crippen molar-refractivity contribution in [2.75, 3.05) is 5.32 Å².